The molecule has 1 heterocycles. The van der Waals surface area contributed by atoms with Gasteiger partial charge in [0.15, 0.2) is 6.54 Å². The molecular formula is C20H34N3O3S+. The summed E-state index contributed by atoms with van der Waals surface area (Å²) in [6.45, 7) is 11.2. The summed E-state index contributed by atoms with van der Waals surface area (Å²) < 4.78 is 27.8. The maximum Gasteiger partial charge on any atom is 0.275 e. The molecule has 0 bridgehead atoms. The van der Waals surface area contributed by atoms with Crippen LogP contribution in [-0.2, 0) is 14.8 Å². The lowest BCUT2D eigenvalue weighted by molar-refractivity contribution is -0.895. The number of benzene rings is 1. The molecule has 1 fully saturated rings. The monoisotopic (exact) mass is 396 g/mol. The standard InChI is InChI=1S/C20H33N3O3S/c1-5-6-7-8-21-19(24)15-22-9-11-23(12-10-22)27(25,26)20-17(3)13-16(2)14-18(20)4/h13-14H,5-12,15H2,1-4H3,(H,21,24)/p+1. The van der Waals surface area contributed by atoms with Crippen molar-refractivity contribution >= 4 is 15.9 Å². The van der Waals surface area contributed by atoms with Crippen LogP contribution >= 0.6 is 0 Å². The molecule has 7 heteroatoms. The highest BCUT2D eigenvalue weighted by molar-refractivity contribution is 7.89. The fourth-order valence-electron chi connectivity index (χ4n) is 3.81. The zero-order chi connectivity index (χ0) is 20.0. The van der Waals surface area contributed by atoms with E-state index in [-0.39, 0.29) is 5.91 Å². The summed E-state index contributed by atoms with van der Waals surface area (Å²) in [5.41, 5.74) is 2.67. The zero-order valence-electron chi connectivity index (χ0n) is 17.1. The second-order valence-corrected chi connectivity index (χ2v) is 9.49. The minimum Gasteiger partial charge on any atom is -0.351 e. The number of amides is 1. The quantitative estimate of drug-likeness (QED) is 0.639. The van der Waals surface area contributed by atoms with E-state index in [0.29, 0.717) is 37.6 Å². The number of nitrogens with zero attached hydrogens (tertiary/aromatic N) is 1. The van der Waals surface area contributed by atoms with Gasteiger partial charge in [0.2, 0.25) is 10.0 Å². The predicted molar refractivity (Wildman–Crippen MR) is 108 cm³/mol. The second kappa shape index (κ2) is 9.66. The van der Waals surface area contributed by atoms with Crippen molar-refractivity contribution in [1.82, 2.24) is 9.62 Å². The Morgan fingerprint density at radius 1 is 1.11 bits per heavy atom. The Morgan fingerprint density at radius 2 is 1.70 bits per heavy atom. The molecule has 0 saturated carbocycles. The number of quaternary nitrogens is 1. The third-order valence-corrected chi connectivity index (χ3v) is 7.35. The van der Waals surface area contributed by atoms with Crippen molar-refractivity contribution in [2.45, 2.75) is 51.9 Å². The van der Waals surface area contributed by atoms with Crippen LogP contribution in [-0.4, -0.2) is 57.9 Å². The molecule has 0 aliphatic carbocycles. The number of carbonyl (C=O) groups excluding carboxylic acids is 1. The maximum absolute atomic E-state index is 13.1. The predicted octanol–water partition coefficient (Wildman–Crippen LogP) is 0.807. The summed E-state index contributed by atoms with van der Waals surface area (Å²) in [6.07, 6.45) is 3.28. The fraction of sp³-hybridized carbons (Fsp3) is 0.650. The first-order valence-electron chi connectivity index (χ1n) is 9.94. The van der Waals surface area contributed by atoms with Gasteiger partial charge in [0.1, 0.15) is 0 Å². The average molecular weight is 397 g/mol. The van der Waals surface area contributed by atoms with Gasteiger partial charge in [-0.2, -0.15) is 4.31 Å². The molecule has 1 aliphatic heterocycles. The van der Waals surface area contributed by atoms with E-state index in [1.165, 1.54) is 0 Å². The van der Waals surface area contributed by atoms with Gasteiger partial charge in [-0.1, -0.05) is 37.5 Å². The lowest BCUT2D eigenvalue weighted by atomic mass is 10.1. The maximum atomic E-state index is 13.1. The first kappa shape index (κ1) is 21.9. The molecule has 1 aromatic carbocycles. The smallest absolute Gasteiger partial charge is 0.275 e. The summed E-state index contributed by atoms with van der Waals surface area (Å²) in [6, 6.07) is 3.84. The lowest BCUT2D eigenvalue weighted by Crippen LogP contribution is -3.15. The van der Waals surface area contributed by atoms with E-state index in [1.807, 2.05) is 32.9 Å². The van der Waals surface area contributed by atoms with Gasteiger partial charge in [0.25, 0.3) is 5.91 Å². The Hall–Kier alpha value is -1.44. The first-order chi connectivity index (χ1) is 12.8. The summed E-state index contributed by atoms with van der Waals surface area (Å²) in [5, 5.41) is 2.96. The van der Waals surface area contributed by atoms with Gasteiger partial charge < -0.3 is 10.2 Å². The Bertz CT molecular complexity index is 731. The highest BCUT2D eigenvalue weighted by Gasteiger charge is 2.33. The average Bonchev–Trinajstić information content (AvgIpc) is 2.58. The molecule has 152 valence electrons. The lowest BCUT2D eigenvalue weighted by Gasteiger charge is -2.32. The van der Waals surface area contributed by atoms with Crippen LogP contribution < -0.4 is 10.2 Å². The largest absolute Gasteiger partial charge is 0.351 e. The Balaban J connectivity index is 1.92. The van der Waals surface area contributed by atoms with Gasteiger partial charge in [-0.3, -0.25) is 4.79 Å². The van der Waals surface area contributed by atoms with Crippen LogP contribution in [0.3, 0.4) is 0 Å². The van der Waals surface area contributed by atoms with Gasteiger partial charge in [-0.25, -0.2) is 8.42 Å². The molecular weight excluding hydrogens is 362 g/mol. The number of aryl methyl sites for hydroxylation is 3. The van der Waals surface area contributed by atoms with Gasteiger partial charge in [-0.05, 0) is 38.3 Å². The van der Waals surface area contributed by atoms with E-state index >= 15 is 0 Å². The zero-order valence-corrected chi connectivity index (χ0v) is 17.9. The van der Waals surface area contributed by atoms with Crippen LogP contribution in [0.5, 0.6) is 0 Å². The molecule has 0 unspecified atom stereocenters. The minimum absolute atomic E-state index is 0.0580. The van der Waals surface area contributed by atoms with Crippen LogP contribution in [0.25, 0.3) is 0 Å². The molecule has 6 nitrogen and oxygen atoms in total. The number of sulfonamides is 1. The van der Waals surface area contributed by atoms with Crippen LogP contribution in [0.15, 0.2) is 17.0 Å². The molecule has 1 aromatic rings. The molecule has 2 N–H and O–H groups in total. The second-order valence-electron chi connectivity index (χ2n) is 7.62. The van der Waals surface area contributed by atoms with E-state index in [1.54, 1.807) is 4.31 Å². The van der Waals surface area contributed by atoms with Crippen LogP contribution in [0.4, 0.5) is 0 Å². The summed E-state index contributed by atoms with van der Waals surface area (Å²) in [5.74, 6) is 0.0580. The van der Waals surface area contributed by atoms with Gasteiger partial charge >= 0.3 is 0 Å². The van der Waals surface area contributed by atoms with Crippen molar-refractivity contribution < 1.29 is 18.1 Å². The van der Waals surface area contributed by atoms with E-state index < -0.39 is 10.0 Å². The molecule has 1 amide bonds. The van der Waals surface area contributed by atoms with Crippen LogP contribution in [0.1, 0.15) is 42.9 Å². The van der Waals surface area contributed by atoms with Crippen molar-refractivity contribution in [3.8, 4) is 0 Å². The van der Waals surface area contributed by atoms with Crippen molar-refractivity contribution in [3.63, 3.8) is 0 Å². The Morgan fingerprint density at radius 3 is 2.26 bits per heavy atom. The van der Waals surface area contributed by atoms with E-state index in [4.69, 9.17) is 0 Å². The van der Waals surface area contributed by atoms with Crippen LogP contribution in [0, 0.1) is 20.8 Å². The number of rotatable bonds is 8. The Labute approximate surface area is 164 Å². The molecule has 1 saturated heterocycles. The molecule has 1 aliphatic rings. The minimum atomic E-state index is -3.49. The van der Waals surface area contributed by atoms with E-state index in [0.717, 1.165) is 47.4 Å². The van der Waals surface area contributed by atoms with E-state index in [9.17, 15) is 13.2 Å². The Kier molecular flexibility index (Phi) is 7.82. The SMILES string of the molecule is CCCCCNC(=O)C[NH+]1CCN(S(=O)(=O)c2c(C)cc(C)cc2C)CC1. The number of piperazine rings is 1. The normalized spacial score (nSPS) is 16.4. The number of hydrogen-bond acceptors (Lipinski definition) is 3. The third-order valence-electron chi connectivity index (χ3n) is 5.15. The fourth-order valence-corrected chi connectivity index (χ4v) is 5.67. The van der Waals surface area contributed by atoms with Crippen molar-refractivity contribution in [2.24, 2.45) is 0 Å². The van der Waals surface area contributed by atoms with Gasteiger partial charge in [0.05, 0.1) is 31.1 Å². The highest BCUT2D eigenvalue weighted by Crippen LogP contribution is 2.25. The third kappa shape index (κ3) is 5.77. The molecule has 27 heavy (non-hydrogen) atoms. The van der Waals surface area contributed by atoms with Crippen molar-refractivity contribution in [2.75, 3.05) is 39.3 Å². The van der Waals surface area contributed by atoms with Gasteiger partial charge in [0, 0.05) is 6.54 Å². The molecule has 2 rings (SSSR count). The molecule has 0 atom stereocenters. The summed E-state index contributed by atoms with van der Waals surface area (Å²) in [4.78, 5) is 13.6. The first-order valence-corrected chi connectivity index (χ1v) is 11.4. The molecule has 0 aromatic heterocycles. The number of unbranched alkanes of at least 4 members (excludes halogenated alkanes) is 2. The van der Waals surface area contributed by atoms with Crippen molar-refractivity contribution in [1.29, 1.82) is 0 Å². The molecule has 0 radical (unpaired) electrons. The summed E-state index contributed by atoms with van der Waals surface area (Å²) >= 11 is 0. The van der Waals surface area contributed by atoms with Crippen molar-refractivity contribution in [3.05, 3.63) is 28.8 Å². The highest BCUT2D eigenvalue weighted by atomic mass is 32.2. The topological polar surface area (TPSA) is 70.9 Å². The number of hydrogen-bond donors (Lipinski definition) is 2. The number of nitrogens with one attached hydrogen (secondary N) is 2. The summed E-state index contributed by atoms with van der Waals surface area (Å²) in [7, 11) is -3.49. The number of carbonyl (C=O) groups is 1. The molecule has 0 spiro atoms. The van der Waals surface area contributed by atoms with E-state index in [2.05, 4.69) is 12.2 Å². The van der Waals surface area contributed by atoms with Crippen LogP contribution in [0.2, 0.25) is 0 Å². The van der Waals surface area contributed by atoms with Gasteiger partial charge in [-0.15, -0.1) is 0 Å².